The lowest BCUT2D eigenvalue weighted by atomic mass is 10.2. The molecule has 2 rings (SSSR count). The van der Waals surface area contributed by atoms with Gasteiger partial charge in [0, 0.05) is 11.4 Å². The van der Waals surface area contributed by atoms with Gasteiger partial charge in [-0.3, -0.25) is 4.90 Å². The summed E-state index contributed by atoms with van der Waals surface area (Å²) in [6, 6.07) is 7.22. The molecule has 1 aliphatic heterocycles. The lowest BCUT2D eigenvalue weighted by molar-refractivity contribution is 0.139. The number of ether oxygens (including phenoxy) is 1. The quantitative estimate of drug-likeness (QED) is 0.753. The van der Waals surface area contributed by atoms with Gasteiger partial charge in [0.15, 0.2) is 0 Å². The molecule has 1 aromatic carbocycles. The summed E-state index contributed by atoms with van der Waals surface area (Å²) in [6.07, 6.45) is 0.582. The molecular formula is C11H14N2O2. The van der Waals surface area contributed by atoms with Crippen molar-refractivity contribution in [3.8, 4) is 0 Å². The fourth-order valence-corrected chi connectivity index (χ4v) is 1.60. The van der Waals surface area contributed by atoms with Crippen molar-refractivity contribution in [2.75, 3.05) is 17.2 Å². The lowest BCUT2D eigenvalue weighted by Gasteiger charge is -2.12. The minimum atomic E-state index is -0.272. The van der Waals surface area contributed by atoms with Crippen molar-refractivity contribution in [2.24, 2.45) is 0 Å². The highest BCUT2D eigenvalue weighted by Crippen LogP contribution is 2.23. The Hall–Kier alpha value is -1.71. The minimum Gasteiger partial charge on any atom is -0.444 e. The van der Waals surface area contributed by atoms with Gasteiger partial charge in [-0.25, -0.2) is 4.79 Å². The number of hydrogen-bond donors (Lipinski definition) is 1. The van der Waals surface area contributed by atoms with Crippen LogP contribution >= 0.6 is 0 Å². The van der Waals surface area contributed by atoms with Crippen LogP contribution in [0.1, 0.15) is 13.3 Å². The van der Waals surface area contributed by atoms with E-state index in [-0.39, 0.29) is 12.2 Å². The first-order valence-electron chi connectivity index (χ1n) is 5.04. The van der Waals surface area contributed by atoms with Crippen LogP contribution in [0.15, 0.2) is 24.3 Å². The molecule has 1 saturated heterocycles. The number of carbonyl (C=O) groups excluding carboxylic acids is 1. The molecule has 1 heterocycles. The fourth-order valence-electron chi connectivity index (χ4n) is 1.60. The van der Waals surface area contributed by atoms with Gasteiger partial charge >= 0.3 is 6.09 Å². The minimum absolute atomic E-state index is 0.00931. The average Bonchev–Trinajstić information content (AvgIpc) is 2.61. The van der Waals surface area contributed by atoms with Crippen LogP contribution in [-0.4, -0.2) is 18.7 Å². The fraction of sp³-hybridized carbons (Fsp3) is 0.364. The molecule has 0 radical (unpaired) electrons. The molecule has 2 N–H and O–H groups in total. The van der Waals surface area contributed by atoms with E-state index in [4.69, 9.17) is 10.5 Å². The molecule has 0 saturated carbocycles. The molecule has 15 heavy (non-hydrogen) atoms. The summed E-state index contributed by atoms with van der Waals surface area (Å²) in [5.41, 5.74) is 7.11. The number of hydrogen-bond acceptors (Lipinski definition) is 3. The summed E-state index contributed by atoms with van der Waals surface area (Å²) in [5.74, 6) is 0. The van der Waals surface area contributed by atoms with Gasteiger partial charge in [-0.2, -0.15) is 0 Å². The second-order valence-electron chi connectivity index (χ2n) is 3.62. The predicted molar refractivity (Wildman–Crippen MR) is 58.8 cm³/mol. The molecule has 1 fully saturated rings. The van der Waals surface area contributed by atoms with E-state index in [1.807, 2.05) is 19.1 Å². The van der Waals surface area contributed by atoms with Crippen LogP contribution < -0.4 is 10.6 Å². The third kappa shape index (κ3) is 1.88. The predicted octanol–water partition coefficient (Wildman–Crippen LogP) is 2.00. The van der Waals surface area contributed by atoms with Crippen LogP contribution in [-0.2, 0) is 4.74 Å². The Bertz CT molecular complexity index is 361. The van der Waals surface area contributed by atoms with Crippen LogP contribution in [0.4, 0.5) is 16.2 Å². The first-order valence-corrected chi connectivity index (χ1v) is 5.04. The highest BCUT2D eigenvalue weighted by atomic mass is 16.6. The molecule has 4 heteroatoms. The molecule has 0 spiro atoms. The van der Waals surface area contributed by atoms with Crippen molar-refractivity contribution >= 4 is 17.5 Å². The van der Waals surface area contributed by atoms with Crippen LogP contribution in [0, 0.1) is 0 Å². The highest BCUT2D eigenvalue weighted by molar-refractivity contribution is 5.89. The van der Waals surface area contributed by atoms with Crippen LogP contribution in [0.3, 0.4) is 0 Å². The largest absolute Gasteiger partial charge is 0.444 e. The number of amides is 1. The Morgan fingerprint density at radius 1 is 1.47 bits per heavy atom. The number of benzene rings is 1. The highest BCUT2D eigenvalue weighted by Gasteiger charge is 2.30. The standard InChI is InChI=1S/C11H14N2O2/c1-2-10-7-13(11(14)15-10)9-5-3-8(12)4-6-9/h3-6,10H,2,7,12H2,1H3. The van der Waals surface area contributed by atoms with E-state index in [1.165, 1.54) is 0 Å². The number of anilines is 2. The van der Waals surface area contributed by atoms with Crippen molar-refractivity contribution in [1.29, 1.82) is 0 Å². The zero-order chi connectivity index (χ0) is 10.8. The van der Waals surface area contributed by atoms with E-state index in [1.54, 1.807) is 17.0 Å². The van der Waals surface area contributed by atoms with Gasteiger partial charge in [0.25, 0.3) is 0 Å². The Balaban J connectivity index is 2.18. The van der Waals surface area contributed by atoms with Gasteiger partial charge in [0.1, 0.15) is 6.10 Å². The second kappa shape index (κ2) is 3.81. The molecular weight excluding hydrogens is 192 g/mol. The Morgan fingerprint density at radius 2 is 2.13 bits per heavy atom. The van der Waals surface area contributed by atoms with Crippen molar-refractivity contribution in [3.63, 3.8) is 0 Å². The molecule has 0 bridgehead atoms. The van der Waals surface area contributed by atoms with Gasteiger partial charge in [-0.05, 0) is 30.7 Å². The molecule has 0 aromatic heterocycles. The molecule has 1 aliphatic rings. The summed E-state index contributed by atoms with van der Waals surface area (Å²) in [7, 11) is 0. The maximum absolute atomic E-state index is 11.5. The van der Waals surface area contributed by atoms with E-state index in [0.29, 0.717) is 12.2 Å². The zero-order valence-corrected chi connectivity index (χ0v) is 8.64. The van der Waals surface area contributed by atoms with Gasteiger partial charge in [0.2, 0.25) is 0 Å². The molecule has 1 atom stereocenters. The molecule has 1 amide bonds. The monoisotopic (exact) mass is 206 g/mol. The zero-order valence-electron chi connectivity index (χ0n) is 8.64. The number of nitrogen functional groups attached to an aromatic ring is 1. The van der Waals surface area contributed by atoms with Gasteiger partial charge in [-0.1, -0.05) is 6.92 Å². The smallest absolute Gasteiger partial charge is 0.414 e. The Morgan fingerprint density at radius 3 is 2.67 bits per heavy atom. The number of rotatable bonds is 2. The van der Waals surface area contributed by atoms with E-state index < -0.39 is 0 Å². The lowest BCUT2D eigenvalue weighted by Crippen LogP contribution is -2.24. The summed E-state index contributed by atoms with van der Waals surface area (Å²) in [4.78, 5) is 13.1. The SMILES string of the molecule is CCC1CN(c2ccc(N)cc2)C(=O)O1. The van der Waals surface area contributed by atoms with E-state index in [2.05, 4.69) is 0 Å². The van der Waals surface area contributed by atoms with Crippen molar-refractivity contribution < 1.29 is 9.53 Å². The summed E-state index contributed by atoms with van der Waals surface area (Å²) < 4.78 is 5.16. The summed E-state index contributed by atoms with van der Waals surface area (Å²) in [5, 5.41) is 0. The van der Waals surface area contributed by atoms with Crippen molar-refractivity contribution in [1.82, 2.24) is 0 Å². The first kappa shape index (κ1) is 9.83. The normalized spacial score (nSPS) is 20.5. The molecule has 0 aliphatic carbocycles. The molecule has 4 nitrogen and oxygen atoms in total. The van der Waals surface area contributed by atoms with Gasteiger partial charge in [-0.15, -0.1) is 0 Å². The first-order chi connectivity index (χ1) is 7.20. The third-order valence-corrected chi connectivity index (χ3v) is 2.53. The molecule has 1 unspecified atom stereocenters. The van der Waals surface area contributed by atoms with E-state index >= 15 is 0 Å². The van der Waals surface area contributed by atoms with Crippen molar-refractivity contribution in [2.45, 2.75) is 19.4 Å². The maximum Gasteiger partial charge on any atom is 0.414 e. The van der Waals surface area contributed by atoms with Gasteiger partial charge in [0.05, 0.1) is 6.54 Å². The van der Waals surface area contributed by atoms with Crippen LogP contribution in [0.25, 0.3) is 0 Å². The second-order valence-corrected chi connectivity index (χ2v) is 3.62. The van der Waals surface area contributed by atoms with E-state index in [0.717, 1.165) is 12.1 Å². The number of carbonyl (C=O) groups is 1. The van der Waals surface area contributed by atoms with Crippen molar-refractivity contribution in [3.05, 3.63) is 24.3 Å². The van der Waals surface area contributed by atoms with Crippen LogP contribution in [0.5, 0.6) is 0 Å². The maximum atomic E-state index is 11.5. The summed E-state index contributed by atoms with van der Waals surface area (Å²) >= 11 is 0. The molecule has 80 valence electrons. The third-order valence-electron chi connectivity index (χ3n) is 2.53. The number of nitrogens with zero attached hydrogens (tertiary/aromatic N) is 1. The Kier molecular flexibility index (Phi) is 2.49. The topological polar surface area (TPSA) is 55.6 Å². The number of cyclic esters (lactones) is 1. The average molecular weight is 206 g/mol. The van der Waals surface area contributed by atoms with Gasteiger partial charge < -0.3 is 10.5 Å². The molecule has 1 aromatic rings. The summed E-state index contributed by atoms with van der Waals surface area (Å²) in [6.45, 7) is 2.63. The van der Waals surface area contributed by atoms with Crippen LogP contribution in [0.2, 0.25) is 0 Å². The number of nitrogens with two attached hydrogens (primary N) is 1. The van der Waals surface area contributed by atoms with E-state index in [9.17, 15) is 4.79 Å². The Labute approximate surface area is 88.6 Å².